The molecule has 0 aliphatic carbocycles. The van der Waals surface area contributed by atoms with Gasteiger partial charge in [0.15, 0.2) is 12.2 Å². The Morgan fingerprint density at radius 2 is 0.500 bits per heavy atom. The van der Waals surface area contributed by atoms with Crippen molar-refractivity contribution in [2.24, 2.45) is 11.8 Å². The highest BCUT2D eigenvalue weighted by atomic mass is 31.2. The number of carbonyl (C=O) groups excluding carboxylic acids is 4. The molecule has 0 saturated heterocycles. The molecule has 3 N–H and O–H groups in total. The van der Waals surface area contributed by atoms with Crippen molar-refractivity contribution in [3.63, 3.8) is 0 Å². The van der Waals surface area contributed by atoms with E-state index >= 15 is 0 Å². The fraction of sp³-hybridized carbons (Fsp3) is 0.952. The molecule has 0 bridgehead atoms. The van der Waals surface area contributed by atoms with Crippen molar-refractivity contribution < 1.29 is 80.2 Å². The summed E-state index contributed by atoms with van der Waals surface area (Å²) in [5.41, 5.74) is 0. The van der Waals surface area contributed by atoms with E-state index < -0.39 is 97.5 Å². The van der Waals surface area contributed by atoms with Crippen LogP contribution in [0.25, 0.3) is 0 Å². The zero-order chi connectivity index (χ0) is 74.9. The Bertz CT molecular complexity index is 1960. The number of phosphoric acid groups is 2. The Morgan fingerprint density at radius 1 is 0.284 bits per heavy atom. The molecule has 0 aliphatic heterocycles. The zero-order valence-corrected chi connectivity index (χ0v) is 68.7. The van der Waals surface area contributed by atoms with Gasteiger partial charge < -0.3 is 33.8 Å². The summed E-state index contributed by atoms with van der Waals surface area (Å²) in [6.07, 6.45) is 65.4. The van der Waals surface area contributed by atoms with Gasteiger partial charge in [0.1, 0.15) is 19.3 Å². The molecule has 0 aromatic heterocycles. The summed E-state index contributed by atoms with van der Waals surface area (Å²) < 4.78 is 68.7. The SMILES string of the molecule is CCCCCCCCCCCCCCCCCCCCCCCC(=O)O[C@H](COC(=O)CCCCCCCCCCCCCCCCC(C)CC)COP(=O)(O)OC[C@@H](O)COP(=O)(O)OC[C@@H](COC(=O)CCCCCCCCC(C)C)OC(=O)CCCCCCCCCCCCCCCC. The molecular formula is C83H162O17P2. The number of esters is 4. The number of hydrogen-bond acceptors (Lipinski definition) is 15. The van der Waals surface area contributed by atoms with Crippen molar-refractivity contribution in [1.29, 1.82) is 0 Å². The fourth-order valence-corrected chi connectivity index (χ4v) is 14.4. The Morgan fingerprint density at radius 3 is 0.745 bits per heavy atom. The van der Waals surface area contributed by atoms with Crippen molar-refractivity contribution in [1.82, 2.24) is 0 Å². The molecule has 0 heterocycles. The first kappa shape index (κ1) is 100. The second kappa shape index (κ2) is 74.5. The normalized spacial score (nSPS) is 14.1. The van der Waals surface area contributed by atoms with Gasteiger partial charge in [-0.05, 0) is 37.5 Å². The number of ether oxygens (including phenoxy) is 4. The summed E-state index contributed by atoms with van der Waals surface area (Å²) in [4.78, 5) is 73.0. The number of hydrogen-bond donors (Lipinski definition) is 3. The third-order valence-electron chi connectivity index (χ3n) is 19.8. The van der Waals surface area contributed by atoms with E-state index in [1.807, 2.05) is 0 Å². The van der Waals surface area contributed by atoms with Crippen molar-refractivity contribution in [2.45, 2.75) is 458 Å². The van der Waals surface area contributed by atoms with Crippen LogP contribution in [-0.2, 0) is 65.4 Å². The van der Waals surface area contributed by atoms with E-state index in [1.165, 1.54) is 250 Å². The molecule has 0 spiro atoms. The molecule has 17 nitrogen and oxygen atoms in total. The number of rotatable bonds is 82. The number of phosphoric ester groups is 2. The lowest BCUT2D eigenvalue weighted by Crippen LogP contribution is -2.30. The summed E-state index contributed by atoms with van der Waals surface area (Å²) in [5, 5.41) is 10.6. The lowest BCUT2D eigenvalue weighted by Gasteiger charge is -2.21. The van der Waals surface area contributed by atoms with Gasteiger partial charge in [-0.1, -0.05) is 388 Å². The first-order chi connectivity index (χ1) is 49.4. The first-order valence-electron chi connectivity index (χ1n) is 43.0. The van der Waals surface area contributed by atoms with Gasteiger partial charge in [-0.3, -0.25) is 37.3 Å². The lowest BCUT2D eigenvalue weighted by molar-refractivity contribution is -0.161. The molecule has 0 aromatic rings. The molecule has 0 radical (unpaired) electrons. The molecule has 0 fully saturated rings. The van der Waals surface area contributed by atoms with Gasteiger partial charge in [0.25, 0.3) is 0 Å². The second-order valence-corrected chi connectivity index (χ2v) is 33.5. The third-order valence-corrected chi connectivity index (χ3v) is 21.7. The van der Waals surface area contributed by atoms with Gasteiger partial charge in [-0.25, -0.2) is 9.13 Å². The fourth-order valence-electron chi connectivity index (χ4n) is 12.9. The quantitative estimate of drug-likeness (QED) is 0.0222. The molecular weight excluding hydrogens is 1330 g/mol. The van der Waals surface area contributed by atoms with E-state index in [0.717, 1.165) is 102 Å². The largest absolute Gasteiger partial charge is 0.472 e. The molecule has 19 heteroatoms. The zero-order valence-electron chi connectivity index (χ0n) is 66.9. The Balaban J connectivity index is 5.21. The van der Waals surface area contributed by atoms with Crippen LogP contribution in [-0.4, -0.2) is 96.7 Å². The number of aliphatic hydroxyl groups excluding tert-OH is 1. The second-order valence-electron chi connectivity index (χ2n) is 30.6. The molecule has 102 heavy (non-hydrogen) atoms. The summed E-state index contributed by atoms with van der Waals surface area (Å²) in [6, 6.07) is 0. The average molecular weight is 1490 g/mol. The molecule has 6 atom stereocenters. The summed E-state index contributed by atoms with van der Waals surface area (Å²) in [6.45, 7) is 9.62. The minimum atomic E-state index is -4.96. The maximum absolute atomic E-state index is 13.1. The van der Waals surface area contributed by atoms with Crippen LogP contribution in [0, 0.1) is 11.8 Å². The third kappa shape index (κ3) is 74.9. The monoisotopic (exact) mass is 1490 g/mol. The highest BCUT2D eigenvalue weighted by Gasteiger charge is 2.30. The van der Waals surface area contributed by atoms with E-state index in [9.17, 15) is 43.2 Å². The minimum Gasteiger partial charge on any atom is -0.462 e. The van der Waals surface area contributed by atoms with Crippen molar-refractivity contribution in [3.8, 4) is 0 Å². The standard InChI is InChI=1S/C83H162O17P2/c1-7-10-12-14-16-18-20-22-24-25-26-27-28-29-30-36-40-44-48-56-62-68-82(87)99-78(71-93-80(85)65-59-53-46-42-38-35-32-31-33-37-41-45-52-58-64-76(6)9-3)73-97-101(89,90)95-69-77(84)70-96-102(91,92)98-74-79(72-94-81(86)66-60-54-50-49-51-57-63-75(4)5)100-83(88)67-61-55-47-43-39-34-23-21-19-17-15-13-11-8-2/h75-79,84H,7-74H2,1-6H3,(H,89,90)(H,91,92)/t76?,77-,78-,79-/m1/s1. The lowest BCUT2D eigenvalue weighted by atomic mass is 9.99. The van der Waals surface area contributed by atoms with Crippen molar-refractivity contribution in [3.05, 3.63) is 0 Å². The highest BCUT2D eigenvalue weighted by molar-refractivity contribution is 7.47. The predicted octanol–water partition coefficient (Wildman–Crippen LogP) is 25.1. The van der Waals surface area contributed by atoms with Crippen molar-refractivity contribution in [2.75, 3.05) is 39.6 Å². The van der Waals surface area contributed by atoms with Gasteiger partial charge in [0, 0.05) is 25.7 Å². The van der Waals surface area contributed by atoms with Crippen LogP contribution < -0.4 is 0 Å². The smallest absolute Gasteiger partial charge is 0.462 e. The van der Waals surface area contributed by atoms with E-state index in [2.05, 4.69) is 41.5 Å². The molecule has 606 valence electrons. The predicted molar refractivity (Wildman–Crippen MR) is 418 cm³/mol. The minimum absolute atomic E-state index is 0.107. The van der Waals surface area contributed by atoms with Gasteiger partial charge in [0.05, 0.1) is 26.4 Å². The highest BCUT2D eigenvalue weighted by Crippen LogP contribution is 2.45. The number of unbranched alkanes of at least 4 members (excludes halogenated alkanes) is 51. The summed E-state index contributed by atoms with van der Waals surface area (Å²) in [7, 11) is -9.92. The maximum Gasteiger partial charge on any atom is 0.472 e. The Labute approximate surface area is 626 Å². The Hall–Kier alpha value is -1.94. The number of carbonyl (C=O) groups is 4. The van der Waals surface area contributed by atoms with Crippen LogP contribution in [0.5, 0.6) is 0 Å². The molecule has 0 rings (SSSR count). The van der Waals surface area contributed by atoms with Gasteiger partial charge in [-0.2, -0.15) is 0 Å². The Kier molecular flexibility index (Phi) is 73.1. The van der Waals surface area contributed by atoms with E-state index in [4.69, 9.17) is 37.0 Å². The molecule has 0 saturated carbocycles. The molecule has 0 amide bonds. The van der Waals surface area contributed by atoms with E-state index in [0.29, 0.717) is 31.6 Å². The van der Waals surface area contributed by atoms with E-state index in [-0.39, 0.29) is 25.7 Å². The van der Waals surface area contributed by atoms with Crippen LogP contribution in [0.1, 0.15) is 440 Å². The van der Waals surface area contributed by atoms with E-state index in [1.54, 1.807) is 0 Å². The first-order valence-corrected chi connectivity index (χ1v) is 46.0. The van der Waals surface area contributed by atoms with Gasteiger partial charge in [-0.15, -0.1) is 0 Å². The molecule has 0 aliphatic rings. The molecule has 0 aromatic carbocycles. The summed E-state index contributed by atoms with van der Waals surface area (Å²) in [5.74, 6) is -0.579. The average Bonchev–Trinajstić information content (AvgIpc) is 0.913. The topological polar surface area (TPSA) is 237 Å². The van der Waals surface area contributed by atoms with Crippen LogP contribution in [0.2, 0.25) is 0 Å². The van der Waals surface area contributed by atoms with Crippen molar-refractivity contribution >= 4 is 39.5 Å². The molecule has 3 unspecified atom stereocenters. The van der Waals surface area contributed by atoms with Crippen LogP contribution >= 0.6 is 15.6 Å². The van der Waals surface area contributed by atoms with Crippen LogP contribution in [0.4, 0.5) is 0 Å². The number of aliphatic hydroxyl groups is 1. The maximum atomic E-state index is 13.1. The van der Waals surface area contributed by atoms with Gasteiger partial charge >= 0.3 is 39.5 Å². The van der Waals surface area contributed by atoms with Gasteiger partial charge in [0.2, 0.25) is 0 Å². The van der Waals surface area contributed by atoms with Crippen LogP contribution in [0.3, 0.4) is 0 Å². The summed E-state index contributed by atoms with van der Waals surface area (Å²) >= 11 is 0. The van der Waals surface area contributed by atoms with Crippen LogP contribution in [0.15, 0.2) is 0 Å².